The van der Waals surface area contributed by atoms with E-state index in [4.69, 9.17) is 9.15 Å². The van der Waals surface area contributed by atoms with Crippen molar-refractivity contribution in [2.75, 3.05) is 7.11 Å². The van der Waals surface area contributed by atoms with E-state index in [1.54, 1.807) is 18.6 Å². The van der Waals surface area contributed by atoms with Gasteiger partial charge >= 0.3 is 11.9 Å². The van der Waals surface area contributed by atoms with Crippen LogP contribution < -0.4 is 0 Å². The zero-order valence-electron chi connectivity index (χ0n) is 16.7. The molecule has 0 unspecified atom stereocenters. The van der Waals surface area contributed by atoms with Crippen LogP contribution >= 0.6 is 0 Å². The van der Waals surface area contributed by atoms with Crippen molar-refractivity contribution in [3.05, 3.63) is 47.4 Å². The van der Waals surface area contributed by atoms with Crippen molar-refractivity contribution in [1.29, 1.82) is 0 Å². The van der Waals surface area contributed by atoms with Crippen LogP contribution in [-0.2, 0) is 16.1 Å². The van der Waals surface area contributed by atoms with Crippen LogP contribution in [0.15, 0.2) is 35.1 Å². The van der Waals surface area contributed by atoms with Crippen LogP contribution in [0.2, 0.25) is 0 Å². The van der Waals surface area contributed by atoms with Gasteiger partial charge in [-0.3, -0.25) is 4.79 Å². The van der Waals surface area contributed by atoms with Gasteiger partial charge in [0, 0.05) is 10.9 Å². The van der Waals surface area contributed by atoms with Crippen LogP contribution in [0.4, 0.5) is 0 Å². The third-order valence-electron chi connectivity index (χ3n) is 6.02. The molecule has 6 nitrogen and oxygen atoms in total. The highest BCUT2D eigenvalue weighted by molar-refractivity contribution is 6.02. The van der Waals surface area contributed by atoms with Gasteiger partial charge in [0.25, 0.3) is 0 Å². The molecule has 0 bridgehead atoms. The Bertz CT molecular complexity index is 1060. The summed E-state index contributed by atoms with van der Waals surface area (Å²) in [6.07, 6.45) is 8.99. The minimum Gasteiger partial charge on any atom is -0.480 e. The van der Waals surface area contributed by atoms with Gasteiger partial charge in [-0.1, -0.05) is 25.3 Å². The van der Waals surface area contributed by atoms with E-state index in [0.717, 1.165) is 40.6 Å². The maximum absolute atomic E-state index is 12.3. The topological polar surface area (TPSA) is 81.7 Å². The third kappa shape index (κ3) is 3.33. The Morgan fingerprint density at radius 3 is 2.59 bits per heavy atom. The van der Waals surface area contributed by atoms with Gasteiger partial charge in [-0.05, 0) is 48.9 Å². The molecule has 0 radical (unpaired) electrons. The second-order valence-corrected chi connectivity index (χ2v) is 7.71. The molecule has 152 valence electrons. The van der Waals surface area contributed by atoms with E-state index >= 15 is 0 Å². The predicted molar refractivity (Wildman–Crippen MR) is 109 cm³/mol. The number of rotatable bonds is 5. The van der Waals surface area contributed by atoms with Gasteiger partial charge < -0.3 is 18.8 Å². The molecule has 0 aliphatic heterocycles. The molecule has 29 heavy (non-hydrogen) atoms. The van der Waals surface area contributed by atoms with Crippen molar-refractivity contribution in [2.24, 2.45) is 0 Å². The van der Waals surface area contributed by atoms with Crippen LogP contribution in [0.1, 0.15) is 59.5 Å². The highest BCUT2D eigenvalue weighted by Crippen LogP contribution is 2.45. The Kier molecular flexibility index (Phi) is 5.18. The summed E-state index contributed by atoms with van der Waals surface area (Å²) in [6.45, 7) is 1.67. The molecule has 0 spiro atoms. The number of aryl methyl sites for hydroxylation is 1. The summed E-state index contributed by atoms with van der Waals surface area (Å²) in [7, 11) is 1.35. The lowest BCUT2D eigenvalue weighted by molar-refractivity contribution is -0.137. The van der Waals surface area contributed by atoms with Crippen LogP contribution in [0, 0.1) is 6.92 Å². The van der Waals surface area contributed by atoms with E-state index in [1.165, 1.54) is 31.9 Å². The van der Waals surface area contributed by atoms with Crippen LogP contribution in [0.3, 0.4) is 0 Å². The Balaban J connectivity index is 2.08. The van der Waals surface area contributed by atoms with Crippen molar-refractivity contribution in [3.8, 4) is 11.3 Å². The summed E-state index contributed by atoms with van der Waals surface area (Å²) >= 11 is 0. The highest BCUT2D eigenvalue weighted by atomic mass is 16.5. The standard InChI is InChI=1S/C23H25NO5/c1-14-17(23(27)28-2)8-9-18-20(15-6-4-3-5-7-15)22(16-10-11-29-13-16)24(21(14)18)12-19(25)26/h8-11,13,15H,3-7,12H2,1-2H3,(H,25,26). The van der Waals surface area contributed by atoms with Crippen molar-refractivity contribution >= 4 is 22.8 Å². The monoisotopic (exact) mass is 395 g/mol. The van der Waals surface area contributed by atoms with E-state index in [2.05, 4.69) is 0 Å². The second-order valence-electron chi connectivity index (χ2n) is 7.71. The molecule has 2 aromatic heterocycles. The van der Waals surface area contributed by atoms with E-state index in [1.807, 2.05) is 23.6 Å². The molecule has 0 atom stereocenters. The summed E-state index contributed by atoms with van der Waals surface area (Å²) in [4.78, 5) is 24.0. The Morgan fingerprint density at radius 2 is 1.97 bits per heavy atom. The molecule has 1 N–H and O–H groups in total. The maximum atomic E-state index is 12.3. The largest absolute Gasteiger partial charge is 0.480 e. The summed E-state index contributed by atoms with van der Waals surface area (Å²) in [6, 6.07) is 5.61. The number of benzene rings is 1. The normalized spacial score (nSPS) is 15.0. The Labute approximate surface area is 169 Å². The number of esters is 1. The smallest absolute Gasteiger partial charge is 0.338 e. The molecular formula is C23H25NO5. The van der Waals surface area contributed by atoms with Crippen LogP contribution in [-0.4, -0.2) is 28.7 Å². The first-order valence-corrected chi connectivity index (χ1v) is 10.0. The lowest BCUT2D eigenvalue weighted by Gasteiger charge is -2.23. The number of carboxylic acids is 1. The maximum Gasteiger partial charge on any atom is 0.338 e. The number of aliphatic carboxylic acids is 1. The summed E-state index contributed by atoms with van der Waals surface area (Å²) in [5.41, 5.74) is 4.89. The summed E-state index contributed by atoms with van der Waals surface area (Å²) in [5, 5.41) is 10.7. The molecule has 1 fully saturated rings. The number of methoxy groups -OCH3 is 1. The molecule has 1 aromatic carbocycles. The highest BCUT2D eigenvalue weighted by Gasteiger charge is 2.29. The van der Waals surface area contributed by atoms with E-state index in [-0.39, 0.29) is 6.54 Å². The number of ether oxygens (including phenoxy) is 1. The Morgan fingerprint density at radius 1 is 1.21 bits per heavy atom. The molecule has 4 rings (SSSR count). The molecule has 0 amide bonds. The molecule has 1 aliphatic rings. The fraction of sp³-hybridized carbons (Fsp3) is 0.391. The van der Waals surface area contributed by atoms with Gasteiger partial charge in [0.15, 0.2) is 0 Å². The molecule has 3 aromatic rings. The van der Waals surface area contributed by atoms with Crippen molar-refractivity contribution in [3.63, 3.8) is 0 Å². The van der Waals surface area contributed by atoms with Gasteiger partial charge in [-0.2, -0.15) is 0 Å². The number of carboxylic acid groups (broad SMARTS) is 1. The molecule has 1 aliphatic carbocycles. The quantitative estimate of drug-likeness (QED) is 0.606. The van der Waals surface area contributed by atoms with Crippen molar-refractivity contribution in [1.82, 2.24) is 4.57 Å². The van der Waals surface area contributed by atoms with Gasteiger partial charge in [-0.25, -0.2) is 4.79 Å². The summed E-state index contributed by atoms with van der Waals surface area (Å²) in [5.74, 6) is -0.990. The van der Waals surface area contributed by atoms with Crippen molar-refractivity contribution < 1.29 is 23.8 Å². The zero-order valence-corrected chi connectivity index (χ0v) is 16.7. The predicted octanol–water partition coefficient (Wildman–Crippen LogP) is 5.13. The zero-order chi connectivity index (χ0) is 20.5. The molecule has 6 heteroatoms. The lowest BCUT2D eigenvalue weighted by atomic mass is 9.82. The van der Waals surface area contributed by atoms with E-state index in [9.17, 15) is 14.7 Å². The number of nitrogens with zero attached hydrogens (tertiary/aromatic N) is 1. The lowest BCUT2D eigenvalue weighted by Crippen LogP contribution is -2.12. The van der Waals surface area contributed by atoms with E-state index < -0.39 is 11.9 Å². The average Bonchev–Trinajstić information content (AvgIpc) is 3.34. The second kappa shape index (κ2) is 7.78. The fourth-order valence-electron chi connectivity index (χ4n) is 4.79. The Hall–Kier alpha value is -3.02. The first kappa shape index (κ1) is 19.3. The first-order valence-electron chi connectivity index (χ1n) is 10.0. The number of carbonyl (C=O) groups excluding carboxylic acids is 1. The van der Waals surface area contributed by atoms with Gasteiger partial charge in [-0.15, -0.1) is 0 Å². The van der Waals surface area contributed by atoms with Crippen LogP contribution in [0.5, 0.6) is 0 Å². The minimum atomic E-state index is -0.926. The molecule has 2 heterocycles. The number of carbonyl (C=O) groups is 2. The molecular weight excluding hydrogens is 370 g/mol. The van der Waals surface area contributed by atoms with Crippen molar-refractivity contribution in [2.45, 2.75) is 51.5 Å². The van der Waals surface area contributed by atoms with Crippen LogP contribution in [0.25, 0.3) is 22.2 Å². The minimum absolute atomic E-state index is 0.185. The fourth-order valence-corrected chi connectivity index (χ4v) is 4.79. The first-order chi connectivity index (χ1) is 14.0. The average molecular weight is 395 g/mol. The van der Waals surface area contributed by atoms with Gasteiger partial charge in [0.1, 0.15) is 6.54 Å². The summed E-state index contributed by atoms with van der Waals surface area (Å²) < 4.78 is 12.1. The molecule has 1 saturated carbocycles. The number of aromatic nitrogens is 1. The van der Waals surface area contributed by atoms with Gasteiger partial charge in [0.2, 0.25) is 0 Å². The molecule has 0 saturated heterocycles. The van der Waals surface area contributed by atoms with E-state index in [0.29, 0.717) is 11.5 Å². The number of hydrogen-bond donors (Lipinski definition) is 1. The number of furan rings is 1. The SMILES string of the molecule is COC(=O)c1ccc2c(C3CCCCC3)c(-c3ccoc3)n(CC(=O)O)c2c1C. The van der Waals surface area contributed by atoms with Gasteiger partial charge in [0.05, 0.1) is 36.4 Å². The number of fused-ring (bicyclic) bond motifs is 1. The number of hydrogen-bond acceptors (Lipinski definition) is 4. The third-order valence-corrected chi connectivity index (χ3v) is 6.02.